The number of halogens is 2. The summed E-state index contributed by atoms with van der Waals surface area (Å²) in [4.78, 5) is 13.0. The Balaban J connectivity index is 1.88. The zero-order valence-electron chi connectivity index (χ0n) is 10.5. The number of benzene rings is 1. The van der Waals surface area contributed by atoms with Crippen LogP contribution in [0.15, 0.2) is 18.2 Å². The van der Waals surface area contributed by atoms with Crippen LogP contribution in [0.25, 0.3) is 0 Å². The first-order valence-electron chi connectivity index (χ1n) is 5.74. The number of rotatable bonds is 5. The number of anilines is 1. The molecule has 20 heavy (non-hydrogen) atoms. The maximum absolute atomic E-state index is 11.6. The Bertz CT molecular complexity index is 617. The second-order valence-corrected chi connectivity index (χ2v) is 4.56. The summed E-state index contributed by atoms with van der Waals surface area (Å²) < 4.78 is 5.27. The van der Waals surface area contributed by atoms with Crippen molar-refractivity contribution >= 4 is 35.1 Å². The number of aromatic nitrogens is 4. The SMILES string of the molecule is CCn1nnc(NC(=O)COc2ccc(Cl)cc2Cl)n1. The number of carbonyl (C=O) groups excluding carboxylic acids is 1. The molecule has 0 aliphatic rings. The fourth-order valence-corrected chi connectivity index (χ4v) is 1.79. The normalized spacial score (nSPS) is 10.3. The zero-order valence-corrected chi connectivity index (χ0v) is 12.0. The van der Waals surface area contributed by atoms with Gasteiger partial charge < -0.3 is 4.74 Å². The number of tetrazole rings is 1. The molecule has 2 aromatic rings. The van der Waals surface area contributed by atoms with E-state index in [9.17, 15) is 4.79 Å². The third kappa shape index (κ3) is 3.82. The summed E-state index contributed by atoms with van der Waals surface area (Å²) in [5.74, 6) is 0.0886. The average Bonchev–Trinajstić information content (AvgIpc) is 2.85. The van der Waals surface area contributed by atoms with Gasteiger partial charge in [-0.25, -0.2) is 0 Å². The fourth-order valence-electron chi connectivity index (χ4n) is 1.32. The van der Waals surface area contributed by atoms with Crippen LogP contribution < -0.4 is 10.1 Å². The number of carbonyl (C=O) groups is 1. The minimum absolute atomic E-state index is 0.127. The van der Waals surface area contributed by atoms with E-state index in [-0.39, 0.29) is 12.6 Å². The molecule has 0 unspecified atom stereocenters. The monoisotopic (exact) mass is 315 g/mol. The summed E-state index contributed by atoms with van der Waals surface area (Å²) in [5, 5.41) is 14.6. The lowest BCUT2D eigenvalue weighted by Gasteiger charge is -2.07. The van der Waals surface area contributed by atoms with Gasteiger partial charge in [0.05, 0.1) is 11.6 Å². The van der Waals surface area contributed by atoms with Crippen LogP contribution in [0.3, 0.4) is 0 Å². The van der Waals surface area contributed by atoms with Crippen LogP contribution in [0.2, 0.25) is 10.0 Å². The van der Waals surface area contributed by atoms with Gasteiger partial charge in [-0.15, -0.1) is 5.10 Å². The van der Waals surface area contributed by atoms with Crippen LogP contribution in [0.4, 0.5) is 5.95 Å². The molecule has 0 atom stereocenters. The minimum atomic E-state index is -0.410. The van der Waals surface area contributed by atoms with Crippen molar-refractivity contribution in [3.8, 4) is 5.75 Å². The second-order valence-electron chi connectivity index (χ2n) is 3.71. The van der Waals surface area contributed by atoms with E-state index in [2.05, 4.69) is 20.7 Å². The Morgan fingerprint density at radius 2 is 2.25 bits per heavy atom. The largest absolute Gasteiger partial charge is 0.482 e. The molecule has 0 saturated heterocycles. The molecule has 106 valence electrons. The van der Waals surface area contributed by atoms with Gasteiger partial charge in [-0.2, -0.15) is 4.80 Å². The van der Waals surface area contributed by atoms with Crippen molar-refractivity contribution in [3.63, 3.8) is 0 Å². The molecule has 0 fully saturated rings. The van der Waals surface area contributed by atoms with Gasteiger partial charge >= 0.3 is 0 Å². The van der Waals surface area contributed by atoms with Gasteiger partial charge in [-0.1, -0.05) is 28.3 Å². The molecule has 0 saturated carbocycles. The molecule has 0 bridgehead atoms. The molecule has 0 aliphatic carbocycles. The van der Waals surface area contributed by atoms with Gasteiger partial charge in [0.15, 0.2) is 6.61 Å². The van der Waals surface area contributed by atoms with Crippen molar-refractivity contribution in [2.75, 3.05) is 11.9 Å². The fraction of sp³-hybridized carbons (Fsp3) is 0.273. The molecular formula is C11H11Cl2N5O2. The molecule has 0 aliphatic heterocycles. The van der Waals surface area contributed by atoms with Crippen molar-refractivity contribution in [3.05, 3.63) is 28.2 Å². The van der Waals surface area contributed by atoms with Crippen molar-refractivity contribution in [1.29, 1.82) is 0 Å². The highest BCUT2D eigenvalue weighted by Gasteiger charge is 2.09. The van der Waals surface area contributed by atoms with Crippen LogP contribution >= 0.6 is 23.2 Å². The van der Waals surface area contributed by atoms with Crippen LogP contribution in [0, 0.1) is 0 Å². The Hall–Kier alpha value is -1.86. The molecule has 1 amide bonds. The quantitative estimate of drug-likeness (QED) is 0.912. The van der Waals surface area contributed by atoms with E-state index in [1.165, 1.54) is 10.9 Å². The number of aryl methyl sites for hydroxylation is 1. The molecule has 0 spiro atoms. The number of amides is 1. The van der Waals surface area contributed by atoms with Crippen LogP contribution in [0.1, 0.15) is 6.92 Å². The highest BCUT2D eigenvalue weighted by molar-refractivity contribution is 6.35. The molecule has 1 aromatic heterocycles. The second kappa shape index (κ2) is 6.53. The van der Waals surface area contributed by atoms with Crippen molar-refractivity contribution in [1.82, 2.24) is 20.2 Å². The van der Waals surface area contributed by atoms with E-state index in [4.69, 9.17) is 27.9 Å². The smallest absolute Gasteiger partial charge is 0.270 e. The predicted molar refractivity (Wildman–Crippen MR) is 74.1 cm³/mol. The summed E-state index contributed by atoms with van der Waals surface area (Å²) in [5.41, 5.74) is 0. The van der Waals surface area contributed by atoms with E-state index in [1.807, 2.05) is 6.92 Å². The lowest BCUT2D eigenvalue weighted by atomic mass is 10.3. The first kappa shape index (κ1) is 14.5. The number of hydrogen-bond donors (Lipinski definition) is 1. The highest BCUT2D eigenvalue weighted by Crippen LogP contribution is 2.27. The van der Waals surface area contributed by atoms with E-state index >= 15 is 0 Å². The minimum Gasteiger partial charge on any atom is -0.482 e. The maximum Gasteiger partial charge on any atom is 0.270 e. The van der Waals surface area contributed by atoms with E-state index in [0.717, 1.165) is 0 Å². The molecule has 1 aromatic carbocycles. The number of nitrogens with one attached hydrogen (secondary N) is 1. The Morgan fingerprint density at radius 3 is 2.90 bits per heavy atom. The standard InChI is InChI=1S/C11H11Cl2N5O2/c1-2-18-16-11(15-17-18)14-10(19)6-20-9-4-3-7(12)5-8(9)13/h3-5H,2,6H2,1H3,(H,14,16,19). The number of ether oxygens (including phenoxy) is 1. The Kier molecular flexibility index (Phi) is 4.75. The van der Waals surface area contributed by atoms with E-state index in [0.29, 0.717) is 22.3 Å². The van der Waals surface area contributed by atoms with Crippen LogP contribution in [-0.2, 0) is 11.3 Å². The number of nitrogens with zero attached hydrogens (tertiary/aromatic N) is 4. The number of hydrogen-bond acceptors (Lipinski definition) is 5. The van der Waals surface area contributed by atoms with Gasteiger partial charge in [0.25, 0.3) is 11.9 Å². The summed E-state index contributed by atoms with van der Waals surface area (Å²) >= 11 is 11.7. The Labute approximate surface area is 124 Å². The van der Waals surface area contributed by atoms with Crippen molar-refractivity contribution in [2.24, 2.45) is 0 Å². The van der Waals surface area contributed by atoms with Gasteiger partial charge in [-0.3, -0.25) is 10.1 Å². The van der Waals surface area contributed by atoms with E-state index in [1.54, 1.807) is 12.1 Å². The first-order valence-corrected chi connectivity index (χ1v) is 6.49. The molecule has 2 rings (SSSR count). The first-order chi connectivity index (χ1) is 9.58. The van der Waals surface area contributed by atoms with E-state index < -0.39 is 5.91 Å². The third-order valence-electron chi connectivity index (χ3n) is 2.24. The average molecular weight is 316 g/mol. The van der Waals surface area contributed by atoms with Gasteiger partial charge in [0.1, 0.15) is 5.75 Å². The lowest BCUT2D eigenvalue weighted by molar-refractivity contribution is -0.118. The van der Waals surface area contributed by atoms with Crippen molar-refractivity contribution in [2.45, 2.75) is 13.5 Å². The van der Waals surface area contributed by atoms with Crippen molar-refractivity contribution < 1.29 is 9.53 Å². The molecular weight excluding hydrogens is 305 g/mol. The van der Waals surface area contributed by atoms with Gasteiger partial charge in [-0.05, 0) is 30.3 Å². The highest BCUT2D eigenvalue weighted by atomic mass is 35.5. The van der Waals surface area contributed by atoms with Crippen LogP contribution in [-0.4, -0.2) is 32.7 Å². The summed E-state index contributed by atoms with van der Waals surface area (Å²) in [6.45, 7) is 2.21. The topological polar surface area (TPSA) is 81.9 Å². The third-order valence-corrected chi connectivity index (χ3v) is 2.77. The molecule has 7 nitrogen and oxygen atoms in total. The van der Waals surface area contributed by atoms with Crippen LogP contribution in [0.5, 0.6) is 5.75 Å². The molecule has 1 N–H and O–H groups in total. The summed E-state index contributed by atoms with van der Waals surface area (Å²) in [7, 11) is 0. The molecule has 9 heteroatoms. The predicted octanol–water partition coefficient (Wildman–Crippen LogP) is 2.02. The summed E-state index contributed by atoms with van der Waals surface area (Å²) in [6, 6.07) is 4.74. The lowest BCUT2D eigenvalue weighted by Crippen LogP contribution is -2.21. The zero-order chi connectivity index (χ0) is 14.5. The molecule has 0 radical (unpaired) electrons. The Morgan fingerprint density at radius 1 is 1.45 bits per heavy atom. The summed E-state index contributed by atoms with van der Waals surface area (Å²) in [6.07, 6.45) is 0. The van der Waals surface area contributed by atoms with Gasteiger partial charge in [0, 0.05) is 5.02 Å². The maximum atomic E-state index is 11.6. The molecule has 1 heterocycles. The van der Waals surface area contributed by atoms with Gasteiger partial charge in [0.2, 0.25) is 0 Å².